The van der Waals surface area contributed by atoms with Crippen LogP contribution in [0.3, 0.4) is 0 Å². The minimum absolute atomic E-state index is 0.250. The monoisotopic (exact) mass is 118 g/mol. The first kappa shape index (κ1) is 10.3. The molecule has 0 aromatic heterocycles. The summed E-state index contributed by atoms with van der Waals surface area (Å²) in [5.41, 5.74) is 0. The van der Waals surface area contributed by atoms with E-state index < -0.39 is 5.78 Å². The van der Waals surface area contributed by atoms with Crippen molar-refractivity contribution in [3.8, 4) is 0 Å². The molecular formula is C5H10O3. The Balaban J connectivity index is 0. The van der Waals surface area contributed by atoms with Gasteiger partial charge < -0.3 is 5.11 Å². The van der Waals surface area contributed by atoms with Crippen molar-refractivity contribution in [2.24, 2.45) is 0 Å². The van der Waals surface area contributed by atoms with Crippen LogP contribution < -0.4 is 0 Å². The molecule has 0 saturated carbocycles. The fraction of sp³-hybridized carbons (Fsp3) is 0.600. The number of carbonyl (C=O) groups is 2. The third-order valence-electron chi connectivity index (χ3n) is 0.166. The van der Waals surface area contributed by atoms with Gasteiger partial charge in [-0.2, -0.15) is 0 Å². The van der Waals surface area contributed by atoms with Gasteiger partial charge in [0.15, 0.2) is 12.1 Å². The first-order valence-corrected chi connectivity index (χ1v) is 2.25. The van der Waals surface area contributed by atoms with Crippen molar-refractivity contribution in [2.45, 2.75) is 13.8 Å². The Bertz CT molecular complexity index is 68.1. The van der Waals surface area contributed by atoms with Crippen LogP contribution in [0.25, 0.3) is 0 Å². The van der Waals surface area contributed by atoms with E-state index in [1.54, 1.807) is 6.92 Å². The van der Waals surface area contributed by atoms with Crippen molar-refractivity contribution in [1.82, 2.24) is 0 Å². The molecule has 0 saturated heterocycles. The first-order valence-electron chi connectivity index (χ1n) is 2.25. The highest BCUT2D eigenvalue weighted by molar-refractivity contribution is 6.23. The molecule has 0 aliphatic carbocycles. The van der Waals surface area contributed by atoms with Gasteiger partial charge in [-0.25, -0.2) is 0 Å². The van der Waals surface area contributed by atoms with E-state index in [1.807, 2.05) is 0 Å². The molecule has 0 radical (unpaired) electrons. The molecule has 3 nitrogen and oxygen atoms in total. The van der Waals surface area contributed by atoms with Gasteiger partial charge in [-0.3, -0.25) is 9.59 Å². The minimum atomic E-state index is -0.426. The van der Waals surface area contributed by atoms with Crippen LogP contribution in [0, 0.1) is 0 Å². The lowest BCUT2D eigenvalue weighted by Gasteiger charge is -1.57. The molecule has 0 aromatic rings. The Hall–Kier alpha value is -0.700. The molecule has 0 spiro atoms. The average Bonchev–Trinajstić information content (AvgIpc) is 1.69. The second-order valence-corrected chi connectivity index (χ2v) is 1.04. The number of carbonyl (C=O) groups excluding carboxylic acids is 2. The minimum Gasteiger partial charge on any atom is -0.397 e. The molecule has 0 aliphatic rings. The van der Waals surface area contributed by atoms with Crippen molar-refractivity contribution in [3.63, 3.8) is 0 Å². The summed E-state index contributed by atoms with van der Waals surface area (Å²) >= 11 is 0. The number of ketones is 1. The molecule has 1 N–H and O–H groups in total. The Labute approximate surface area is 48.3 Å². The maximum Gasteiger partial charge on any atom is 0.192 e. The molecule has 0 amide bonds. The summed E-state index contributed by atoms with van der Waals surface area (Å²) in [5.74, 6) is -0.426. The quantitative estimate of drug-likeness (QED) is 0.382. The summed E-state index contributed by atoms with van der Waals surface area (Å²) in [4.78, 5) is 18.6. The highest BCUT2D eigenvalue weighted by atomic mass is 16.2. The third kappa shape index (κ3) is 58.0. The molecule has 0 rings (SSSR count). The van der Waals surface area contributed by atoms with Gasteiger partial charge in [0.1, 0.15) is 0 Å². The van der Waals surface area contributed by atoms with Crippen LogP contribution in [0.2, 0.25) is 0 Å². The summed E-state index contributed by atoms with van der Waals surface area (Å²) in [6.07, 6.45) is 0.278. The van der Waals surface area contributed by atoms with E-state index >= 15 is 0 Å². The van der Waals surface area contributed by atoms with E-state index in [1.165, 1.54) is 6.92 Å². The van der Waals surface area contributed by atoms with Gasteiger partial charge in [0.2, 0.25) is 0 Å². The van der Waals surface area contributed by atoms with Crippen molar-refractivity contribution >= 4 is 12.1 Å². The van der Waals surface area contributed by atoms with E-state index in [2.05, 4.69) is 0 Å². The van der Waals surface area contributed by atoms with Crippen LogP contribution in [-0.4, -0.2) is 23.8 Å². The van der Waals surface area contributed by atoms with Gasteiger partial charge in [0.25, 0.3) is 0 Å². The number of Topliss-reactive ketones (excluding diaryl/α,β-unsaturated/α-hetero) is 1. The lowest BCUT2D eigenvalue weighted by Crippen LogP contribution is -1.85. The van der Waals surface area contributed by atoms with Crippen molar-refractivity contribution in [2.75, 3.05) is 6.61 Å². The fourth-order valence-corrected chi connectivity index (χ4v) is 0. The van der Waals surface area contributed by atoms with E-state index in [0.29, 0.717) is 0 Å². The van der Waals surface area contributed by atoms with Crippen LogP contribution in [0.1, 0.15) is 13.8 Å². The summed E-state index contributed by atoms with van der Waals surface area (Å²) in [6, 6.07) is 0. The van der Waals surface area contributed by atoms with Gasteiger partial charge in [-0.1, -0.05) is 0 Å². The lowest BCUT2D eigenvalue weighted by molar-refractivity contribution is -0.128. The Kier molecular flexibility index (Phi) is 12.3. The second kappa shape index (κ2) is 9.57. The Morgan fingerprint density at radius 3 is 1.88 bits per heavy atom. The first-order chi connectivity index (χ1) is 3.68. The van der Waals surface area contributed by atoms with Gasteiger partial charge >= 0.3 is 0 Å². The number of aliphatic hydroxyl groups excluding tert-OH is 1. The molecule has 0 aromatic carbocycles. The number of aliphatic hydroxyl groups is 1. The molecule has 8 heavy (non-hydrogen) atoms. The molecule has 0 unspecified atom stereocenters. The third-order valence-corrected chi connectivity index (χ3v) is 0.166. The summed E-state index contributed by atoms with van der Waals surface area (Å²) in [6.45, 7) is 3.15. The molecule has 0 bridgehead atoms. The van der Waals surface area contributed by atoms with Crippen molar-refractivity contribution in [3.05, 3.63) is 0 Å². The second-order valence-electron chi connectivity index (χ2n) is 1.04. The molecule has 48 valence electrons. The fourth-order valence-electron chi connectivity index (χ4n) is 0. The van der Waals surface area contributed by atoms with Gasteiger partial charge in [-0.05, 0) is 6.92 Å². The van der Waals surface area contributed by atoms with Crippen LogP contribution in [0.4, 0.5) is 0 Å². The molecule has 0 fully saturated rings. The normalized spacial score (nSPS) is 6.38. The zero-order valence-electron chi connectivity index (χ0n) is 5.05. The molecule has 0 heterocycles. The zero-order chi connectivity index (χ0) is 6.99. The highest BCUT2D eigenvalue weighted by Gasteiger charge is 1.76. The predicted molar refractivity (Wildman–Crippen MR) is 29.5 cm³/mol. The topological polar surface area (TPSA) is 54.4 Å². The van der Waals surface area contributed by atoms with Gasteiger partial charge in [0.05, 0.1) is 0 Å². The van der Waals surface area contributed by atoms with Gasteiger partial charge in [0, 0.05) is 13.5 Å². The number of hydrogen-bond acceptors (Lipinski definition) is 3. The summed E-state index contributed by atoms with van der Waals surface area (Å²) in [5, 5.41) is 7.57. The lowest BCUT2D eigenvalue weighted by atomic mass is 10.5. The standard InChI is InChI=1S/C3H4O2.C2H6O/c1-3(5)2-4;1-2-3/h2H,1H3;3H,2H2,1H3. The van der Waals surface area contributed by atoms with E-state index in [9.17, 15) is 4.79 Å². The highest BCUT2D eigenvalue weighted by Crippen LogP contribution is 1.48. The molecule has 3 heteroatoms. The largest absolute Gasteiger partial charge is 0.397 e. The predicted octanol–water partition coefficient (Wildman–Crippen LogP) is -0.227. The molecular weight excluding hydrogens is 108 g/mol. The van der Waals surface area contributed by atoms with E-state index in [0.717, 1.165) is 0 Å². The molecule has 0 aliphatic heterocycles. The van der Waals surface area contributed by atoms with Crippen molar-refractivity contribution < 1.29 is 14.7 Å². The smallest absolute Gasteiger partial charge is 0.192 e. The van der Waals surface area contributed by atoms with Crippen LogP contribution in [0.5, 0.6) is 0 Å². The van der Waals surface area contributed by atoms with Crippen LogP contribution in [0.15, 0.2) is 0 Å². The number of aldehydes is 1. The maximum absolute atomic E-state index is 9.44. The summed E-state index contributed by atoms with van der Waals surface area (Å²) < 4.78 is 0. The average molecular weight is 118 g/mol. The van der Waals surface area contributed by atoms with Crippen LogP contribution >= 0.6 is 0 Å². The Morgan fingerprint density at radius 2 is 1.88 bits per heavy atom. The van der Waals surface area contributed by atoms with Gasteiger partial charge in [-0.15, -0.1) is 0 Å². The van der Waals surface area contributed by atoms with E-state index in [4.69, 9.17) is 9.90 Å². The number of hydrogen-bond donors (Lipinski definition) is 1. The maximum atomic E-state index is 9.44. The zero-order valence-corrected chi connectivity index (χ0v) is 5.05. The van der Waals surface area contributed by atoms with Crippen molar-refractivity contribution in [1.29, 1.82) is 0 Å². The SMILES string of the molecule is CC(=O)C=O.CCO. The van der Waals surface area contributed by atoms with E-state index in [-0.39, 0.29) is 12.9 Å². The number of rotatable bonds is 1. The Morgan fingerprint density at radius 1 is 1.75 bits per heavy atom. The summed E-state index contributed by atoms with van der Waals surface area (Å²) in [7, 11) is 0. The van der Waals surface area contributed by atoms with Crippen LogP contribution in [-0.2, 0) is 9.59 Å². The molecule has 0 atom stereocenters.